The monoisotopic (exact) mass is 517 g/mol. The molecule has 1 aromatic rings. The average Bonchev–Trinajstić information content (AvgIpc) is 2.82. The van der Waals surface area contributed by atoms with Crippen molar-refractivity contribution in [3.63, 3.8) is 0 Å². The van der Waals surface area contributed by atoms with Crippen molar-refractivity contribution in [3.05, 3.63) is 28.2 Å². The van der Waals surface area contributed by atoms with Crippen molar-refractivity contribution in [2.24, 2.45) is 28.2 Å². The van der Waals surface area contributed by atoms with E-state index in [-0.39, 0.29) is 6.04 Å². The van der Waals surface area contributed by atoms with E-state index in [2.05, 4.69) is 34.0 Å². The van der Waals surface area contributed by atoms with Crippen LogP contribution in [-0.2, 0) is 4.79 Å². The maximum atomic E-state index is 12.1. The number of halogens is 2. The molecule has 4 aliphatic carbocycles. The molecule has 2 atom stereocenters. The number of nitrogens with one attached hydrogen (secondary N) is 1. The SMILES string of the molecule is CC(C)(/C(=N\C#N)NC1C2CC3CC1CC(C(=O)O)(C3)C2)N1CCN(c2cccc(Cl)c2Cl)CC1. The number of amidine groups is 1. The number of rotatable bonds is 5. The molecular formula is C26H33Cl2N5O2. The van der Waals surface area contributed by atoms with Crippen LogP contribution in [0.3, 0.4) is 0 Å². The molecule has 0 amide bonds. The molecule has 4 bridgehead atoms. The summed E-state index contributed by atoms with van der Waals surface area (Å²) >= 11 is 12.7. The maximum Gasteiger partial charge on any atom is 0.309 e. The predicted octanol–water partition coefficient (Wildman–Crippen LogP) is 4.64. The third-order valence-electron chi connectivity index (χ3n) is 9.11. The molecule has 5 aliphatic rings. The molecule has 4 saturated carbocycles. The zero-order valence-corrected chi connectivity index (χ0v) is 21.8. The lowest BCUT2D eigenvalue weighted by Gasteiger charge is -2.59. The number of nitrogens with zero attached hydrogens (tertiary/aromatic N) is 4. The third kappa shape index (κ3) is 4.28. The molecular weight excluding hydrogens is 485 g/mol. The van der Waals surface area contributed by atoms with E-state index in [0.717, 1.165) is 64.0 Å². The van der Waals surface area contributed by atoms with Crippen LogP contribution in [0.4, 0.5) is 5.69 Å². The van der Waals surface area contributed by atoms with E-state index in [9.17, 15) is 15.2 Å². The second kappa shape index (κ2) is 9.14. The molecule has 1 saturated heterocycles. The van der Waals surface area contributed by atoms with E-state index in [4.69, 9.17) is 23.2 Å². The van der Waals surface area contributed by atoms with E-state index in [0.29, 0.717) is 33.6 Å². The highest BCUT2D eigenvalue weighted by Gasteiger charge is 2.59. The van der Waals surface area contributed by atoms with Crippen LogP contribution in [0, 0.1) is 34.6 Å². The van der Waals surface area contributed by atoms with Gasteiger partial charge >= 0.3 is 5.97 Å². The molecule has 188 valence electrons. The number of benzene rings is 1. The quantitative estimate of drug-likeness (QED) is 0.335. The smallest absolute Gasteiger partial charge is 0.309 e. The highest BCUT2D eigenvalue weighted by Crippen LogP contribution is 2.60. The Morgan fingerprint density at radius 2 is 1.83 bits per heavy atom. The highest BCUT2D eigenvalue weighted by atomic mass is 35.5. The van der Waals surface area contributed by atoms with Crippen molar-refractivity contribution in [1.29, 1.82) is 5.26 Å². The van der Waals surface area contributed by atoms with Crippen molar-refractivity contribution >= 4 is 40.7 Å². The molecule has 1 aromatic carbocycles. The number of carboxylic acids is 1. The zero-order valence-electron chi connectivity index (χ0n) is 20.3. The number of aliphatic carboxylic acids is 1. The molecule has 0 radical (unpaired) electrons. The van der Waals surface area contributed by atoms with Gasteiger partial charge in [-0.2, -0.15) is 10.3 Å². The van der Waals surface area contributed by atoms with Gasteiger partial charge in [-0.05, 0) is 75.8 Å². The first kappa shape index (κ1) is 24.7. The fourth-order valence-electron chi connectivity index (χ4n) is 7.47. The van der Waals surface area contributed by atoms with Crippen molar-refractivity contribution in [1.82, 2.24) is 10.2 Å². The fourth-order valence-corrected chi connectivity index (χ4v) is 7.88. The van der Waals surface area contributed by atoms with Gasteiger partial charge in [-0.15, -0.1) is 0 Å². The van der Waals surface area contributed by atoms with Crippen molar-refractivity contribution in [2.45, 2.75) is 57.5 Å². The first-order valence-corrected chi connectivity index (χ1v) is 13.3. The Kier molecular flexibility index (Phi) is 6.44. The highest BCUT2D eigenvalue weighted by molar-refractivity contribution is 6.43. The molecule has 1 aliphatic heterocycles. The summed E-state index contributed by atoms with van der Waals surface area (Å²) < 4.78 is 0. The van der Waals surface area contributed by atoms with Gasteiger partial charge in [0, 0.05) is 32.2 Å². The molecule has 0 spiro atoms. The number of carbonyl (C=O) groups is 1. The van der Waals surface area contributed by atoms with Crippen molar-refractivity contribution in [3.8, 4) is 6.19 Å². The van der Waals surface area contributed by atoms with Gasteiger partial charge in [0.05, 0.1) is 26.7 Å². The number of nitriles is 1. The topological polar surface area (TPSA) is 92.0 Å². The summed E-state index contributed by atoms with van der Waals surface area (Å²) in [4.78, 5) is 21.0. The predicted molar refractivity (Wildman–Crippen MR) is 138 cm³/mol. The summed E-state index contributed by atoms with van der Waals surface area (Å²) in [6, 6.07) is 5.89. The molecule has 2 N–H and O–H groups in total. The summed E-state index contributed by atoms with van der Waals surface area (Å²) in [5.41, 5.74) is -0.0602. The Morgan fingerprint density at radius 3 is 2.43 bits per heavy atom. The van der Waals surface area contributed by atoms with Crippen LogP contribution >= 0.6 is 23.2 Å². The minimum atomic E-state index is -0.626. The van der Waals surface area contributed by atoms with Gasteiger partial charge in [0.1, 0.15) is 5.84 Å². The third-order valence-corrected chi connectivity index (χ3v) is 9.92. The van der Waals surface area contributed by atoms with Gasteiger partial charge < -0.3 is 15.3 Å². The van der Waals surface area contributed by atoms with Gasteiger partial charge in [-0.3, -0.25) is 9.69 Å². The lowest BCUT2D eigenvalue weighted by Crippen LogP contribution is -2.66. The summed E-state index contributed by atoms with van der Waals surface area (Å²) in [6.07, 6.45) is 6.45. The number of carboxylic acid groups (broad SMARTS) is 1. The average molecular weight is 518 g/mol. The Labute approximate surface area is 217 Å². The molecule has 5 fully saturated rings. The minimum Gasteiger partial charge on any atom is -0.481 e. The Morgan fingerprint density at radius 1 is 1.17 bits per heavy atom. The van der Waals surface area contributed by atoms with Crippen LogP contribution in [0.5, 0.6) is 0 Å². The number of hydrogen-bond acceptors (Lipinski definition) is 5. The van der Waals surface area contributed by atoms with Gasteiger partial charge in [0.25, 0.3) is 0 Å². The molecule has 2 unspecified atom stereocenters. The van der Waals surface area contributed by atoms with Crippen LogP contribution in [0.1, 0.15) is 46.0 Å². The second-order valence-electron chi connectivity index (χ2n) is 11.4. The van der Waals surface area contributed by atoms with Crippen LogP contribution in [-0.4, -0.2) is 59.6 Å². The zero-order chi connectivity index (χ0) is 25.0. The minimum absolute atomic E-state index is 0.178. The van der Waals surface area contributed by atoms with Crippen molar-refractivity contribution < 1.29 is 9.90 Å². The summed E-state index contributed by atoms with van der Waals surface area (Å²) in [5, 5.41) is 24.3. The van der Waals surface area contributed by atoms with Crippen LogP contribution in [0.2, 0.25) is 10.0 Å². The molecule has 35 heavy (non-hydrogen) atoms. The van der Waals surface area contributed by atoms with Crippen LogP contribution < -0.4 is 10.2 Å². The van der Waals surface area contributed by atoms with Gasteiger partial charge in [0.15, 0.2) is 0 Å². The van der Waals surface area contributed by atoms with E-state index >= 15 is 0 Å². The maximum absolute atomic E-state index is 12.1. The molecule has 6 rings (SSSR count). The van der Waals surface area contributed by atoms with Gasteiger partial charge in [-0.25, -0.2) is 0 Å². The number of hydrogen-bond donors (Lipinski definition) is 2. The fraction of sp³-hybridized carbons (Fsp3) is 0.654. The number of anilines is 1. The van der Waals surface area contributed by atoms with Gasteiger partial charge in [0.2, 0.25) is 6.19 Å². The summed E-state index contributed by atoms with van der Waals surface area (Å²) in [7, 11) is 0. The first-order valence-electron chi connectivity index (χ1n) is 12.6. The second-order valence-corrected chi connectivity index (χ2v) is 12.2. The van der Waals surface area contributed by atoms with E-state index in [1.165, 1.54) is 0 Å². The molecule has 1 heterocycles. The number of aliphatic imine (C=N–C) groups is 1. The normalized spacial score (nSPS) is 33.0. The first-order chi connectivity index (χ1) is 16.6. The van der Waals surface area contributed by atoms with E-state index in [1.807, 2.05) is 18.3 Å². The Hall–Kier alpha value is -2.01. The summed E-state index contributed by atoms with van der Waals surface area (Å²) in [5.74, 6) is 1.21. The van der Waals surface area contributed by atoms with E-state index in [1.54, 1.807) is 6.07 Å². The van der Waals surface area contributed by atoms with Crippen molar-refractivity contribution in [2.75, 3.05) is 31.1 Å². The lowest BCUT2D eigenvalue weighted by molar-refractivity contribution is -0.166. The molecule has 9 heteroatoms. The Bertz CT molecular complexity index is 1060. The molecule has 7 nitrogen and oxygen atoms in total. The van der Waals surface area contributed by atoms with E-state index < -0.39 is 16.9 Å². The summed E-state index contributed by atoms with van der Waals surface area (Å²) in [6.45, 7) is 7.41. The Balaban J connectivity index is 1.29. The largest absolute Gasteiger partial charge is 0.481 e. The standard InChI is InChI=1S/C26H33Cl2N5O2/c1-25(2,33-8-6-32(7-9-33)20-5-3-4-19(27)21(20)28)23(30-15-29)31-22-17-10-16-11-18(22)14-26(12-16,13-17)24(34)35/h3-5,16-18,22H,6-14H2,1-2H3,(H,30,31)(H,34,35). The van der Waals surface area contributed by atoms with Gasteiger partial charge in [-0.1, -0.05) is 29.3 Å². The number of piperazine rings is 1. The van der Waals surface area contributed by atoms with Crippen LogP contribution in [0.15, 0.2) is 23.2 Å². The molecule has 0 aromatic heterocycles. The lowest BCUT2D eigenvalue weighted by atomic mass is 9.48. The van der Waals surface area contributed by atoms with Crippen LogP contribution in [0.25, 0.3) is 0 Å².